The van der Waals surface area contributed by atoms with Crippen LogP contribution in [0.15, 0.2) is 65.8 Å². The molecule has 0 saturated heterocycles. The number of aryl methyl sites for hydroxylation is 2. The highest BCUT2D eigenvalue weighted by Crippen LogP contribution is 2.10. The van der Waals surface area contributed by atoms with Gasteiger partial charge in [0.05, 0.1) is 19.3 Å². The summed E-state index contributed by atoms with van der Waals surface area (Å²) in [5.74, 6) is -0.127. The van der Waals surface area contributed by atoms with Crippen LogP contribution in [0.2, 0.25) is 0 Å². The first-order valence-electron chi connectivity index (χ1n) is 9.84. The molecule has 0 saturated carbocycles. The molecule has 7 nitrogen and oxygen atoms in total. The van der Waals surface area contributed by atoms with Crippen molar-refractivity contribution < 1.29 is 4.79 Å². The fourth-order valence-electron chi connectivity index (χ4n) is 3.44. The van der Waals surface area contributed by atoms with Crippen LogP contribution in [0.3, 0.4) is 0 Å². The fraction of sp³-hybridized carbons (Fsp3) is 0.217. The zero-order chi connectivity index (χ0) is 21.1. The Kier molecular flexibility index (Phi) is 5.43. The molecule has 152 valence electrons. The van der Waals surface area contributed by atoms with Gasteiger partial charge in [0.15, 0.2) is 5.65 Å². The highest BCUT2D eigenvalue weighted by molar-refractivity contribution is 5.95. The number of fused-ring (bicyclic) bond motifs is 1. The molecule has 1 N–H and O–H groups in total. The lowest BCUT2D eigenvalue weighted by molar-refractivity contribution is 0.0951. The number of hydrogen-bond donors (Lipinski definition) is 1. The molecule has 4 aromatic rings. The van der Waals surface area contributed by atoms with Crippen molar-refractivity contribution in [3.8, 4) is 0 Å². The molecule has 7 heteroatoms. The lowest BCUT2D eigenvalue weighted by Crippen LogP contribution is -2.28. The van der Waals surface area contributed by atoms with Crippen molar-refractivity contribution in [2.75, 3.05) is 6.54 Å². The molecule has 0 aliphatic heterocycles. The van der Waals surface area contributed by atoms with Gasteiger partial charge >= 0.3 is 0 Å². The van der Waals surface area contributed by atoms with E-state index in [1.807, 2.05) is 56.3 Å². The van der Waals surface area contributed by atoms with Gasteiger partial charge in [-0.15, -0.1) is 0 Å². The van der Waals surface area contributed by atoms with Gasteiger partial charge in [-0.05, 0) is 36.6 Å². The molecular weight excluding hydrogens is 378 g/mol. The second kappa shape index (κ2) is 8.32. The Hall–Kier alpha value is -3.74. The molecule has 0 aliphatic carbocycles. The molecular formula is C23H23N5O2. The molecule has 30 heavy (non-hydrogen) atoms. The minimum atomic E-state index is -0.127. The van der Waals surface area contributed by atoms with Gasteiger partial charge in [-0.3, -0.25) is 14.2 Å². The van der Waals surface area contributed by atoms with Crippen LogP contribution in [0.5, 0.6) is 0 Å². The van der Waals surface area contributed by atoms with Crippen molar-refractivity contribution >= 4 is 16.9 Å². The molecule has 0 fully saturated rings. The Morgan fingerprint density at radius 2 is 1.77 bits per heavy atom. The summed E-state index contributed by atoms with van der Waals surface area (Å²) in [6.07, 6.45) is 3.10. The normalized spacial score (nSPS) is 11.0. The zero-order valence-electron chi connectivity index (χ0n) is 17.0. The van der Waals surface area contributed by atoms with Crippen molar-refractivity contribution in [1.29, 1.82) is 0 Å². The predicted octanol–water partition coefficient (Wildman–Crippen LogP) is 2.69. The van der Waals surface area contributed by atoms with Gasteiger partial charge in [-0.2, -0.15) is 5.10 Å². The topological polar surface area (TPSA) is 81.8 Å². The van der Waals surface area contributed by atoms with Gasteiger partial charge in [0.1, 0.15) is 11.7 Å². The van der Waals surface area contributed by atoms with E-state index in [1.165, 1.54) is 0 Å². The fourth-order valence-corrected chi connectivity index (χ4v) is 3.44. The van der Waals surface area contributed by atoms with Gasteiger partial charge in [0.25, 0.3) is 11.5 Å². The second-order valence-corrected chi connectivity index (χ2v) is 7.28. The molecule has 0 spiro atoms. The SMILES string of the molecule is Cc1ccccc1Cn1cnc2c(cnn2CCNC(=O)c2ccccc2C)c1=O. The number of amides is 1. The zero-order valence-corrected chi connectivity index (χ0v) is 17.0. The number of rotatable bonds is 6. The first-order chi connectivity index (χ1) is 14.5. The van der Waals surface area contributed by atoms with E-state index in [1.54, 1.807) is 27.8 Å². The van der Waals surface area contributed by atoms with Crippen molar-refractivity contribution in [2.45, 2.75) is 26.9 Å². The lowest BCUT2D eigenvalue weighted by Gasteiger charge is -2.09. The van der Waals surface area contributed by atoms with Crippen LogP contribution in [0.1, 0.15) is 27.0 Å². The van der Waals surface area contributed by atoms with Crippen LogP contribution in [-0.2, 0) is 13.1 Å². The highest BCUT2D eigenvalue weighted by Gasteiger charge is 2.12. The van der Waals surface area contributed by atoms with E-state index in [9.17, 15) is 9.59 Å². The van der Waals surface area contributed by atoms with Gasteiger partial charge < -0.3 is 5.32 Å². The molecule has 0 aliphatic rings. The first-order valence-corrected chi connectivity index (χ1v) is 9.84. The molecule has 0 unspecified atom stereocenters. The van der Waals surface area contributed by atoms with E-state index >= 15 is 0 Å². The third-order valence-corrected chi connectivity index (χ3v) is 5.22. The van der Waals surface area contributed by atoms with Crippen LogP contribution in [0.25, 0.3) is 11.0 Å². The van der Waals surface area contributed by atoms with Gasteiger partial charge in [-0.25, -0.2) is 9.67 Å². The van der Waals surface area contributed by atoms with Crippen molar-refractivity contribution in [3.63, 3.8) is 0 Å². The summed E-state index contributed by atoms with van der Waals surface area (Å²) in [6, 6.07) is 15.4. The van der Waals surface area contributed by atoms with E-state index in [0.29, 0.717) is 36.2 Å². The quantitative estimate of drug-likeness (QED) is 0.539. The van der Waals surface area contributed by atoms with E-state index in [0.717, 1.165) is 16.7 Å². The Morgan fingerprint density at radius 1 is 1.03 bits per heavy atom. The van der Waals surface area contributed by atoms with Crippen molar-refractivity contribution in [3.05, 3.63) is 93.7 Å². The Balaban J connectivity index is 1.48. The predicted molar refractivity (Wildman–Crippen MR) is 116 cm³/mol. The maximum absolute atomic E-state index is 12.9. The van der Waals surface area contributed by atoms with Gasteiger partial charge in [0.2, 0.25) is 0 Å². The molecule has 2 aromatic carbocycles. The van der Waals surface area contributed by atoms with Crippen LogP contribution >= 0.6 is 0 Å². The molecule has 4 rings (SSSR count). The molecule has 0 bridgehead atoms. The average molecular weight is 401 g/mol. The van der Waals surface area contributed by atoms with Crippen LogP contribution < -0.4 is 10.9 Å². The van der Waals surface area contributed by atoms with Crippen LogP contribution in [0, 0.1) is 13.8 Å². The number of benzene rings is 2. The highest BCUT2D eigenvalue weighted by atomic mass is 16.1. The second-order valence-electron chi connectivity index (χ2n) is 7.28. The molecule has 0 radical (unpaired) electrons. The summed E-state index contributed by atoms with van der Waals surface area (Å²) in [5, 5.41) is 7.66. The van der Waals surface area contributed by atoms with Crippen LogP contribution in [-0.4, -0.2) is 31.8 Å². The third kappa shape index (κ3) is 3.87. The summed E-state index contributed by atoms with van der Waals surface area (Å²) < 4.78 is 3.24. The van der Waals surface area contributed by atoms with Crippen LogP contribution in [0.4, 0.5) is 0 Å². The number of hydrogen-bond acceptors (Lipinski definition) is 4. The minimum Gasteiger partial charge on any atom is -0.350 e. The summed E-state index contributed by atoms with van der Waals surface area (Å²) in [7, 11) is 0. The standard InChI is InChI=1S/C23H23N5O2/c1-16-7-3-5-9-18(16)14-27-15-25-21-20(23(27)30)13-26-28(21)12-11-24-22(29)19-10-6-4-8-17(19)2/h3-10,13,15H,11-12,14H2,1-2H3,(H,24,29). The number of carbonyl (C=O) groups is 1. The lowest BCUT2D eigenvalue weighted by atomic mass is 10.1. The van der Waals surface area contributed by atoms with E-state index < -0.39 is 0 Å². The third-order valence-electron chi connectivity index (χ3n) is 5.22. The van der Waals surface area contributed by atoms with Gasteiger partial charge in [-0.1, -0.05) is 42.5 Å². The number of carbonyl (C=O) groups excluding carboxylic acids is 1. The smallest absolute Gasteiger partial charge is 0.264 e. The summed E-state index contributed by atoms with van der Waals surface area (Å²) >= 11 is 0. The monoisotopic (exact) mass is 401 g/mol. The molecule has 1 amide bonds. The molecule has 2 heterocycles. The summed E-state index contributed by atoms with van der Waals surface area (Å²) in [4.78, 5) is 29.7. The van der Waals surface area contributed by atoms with Gasteiger partial charge in [0, 0.05) is 12.1 Å². The van der Waals surface area contributed by atoms with E-state index in [-0.39, 0.29) is 11.5 Å². The summed E-state index contributed by atoms with van der Waals surface area (Å²) in [6.45, 7) is 5.21. The van der Waals surface area contributed by atoms with Crippen molar-refractivity contribution in [1.82, 2.24) is 24.6 Å². The number of nitrogens with zero attached hydrogens (tertiary/aromatic N) is 4. The number of aromatic nitrogens is 4. The Labute approximate surface area is 174 Å². The van der Waals surface area contributed by atoms with E-state index in [2.05, 4.69) is 15.4 Å². The molecule has 0 atom stereocenters. The van der Waals surface area contributed by atoms with E-state index in [4.69, 9.17) is 0 Å². The minimum absolute atomic E-state index is 0.126. The largest absolute Gasteiger partial charge is 0.350 e. The maximum atomic E-state index is 12.9. The maximum Gasteiger partial charge on any atom is 0.264 e. The van der Waals surface area contributed by atoms with Crippen molar-refractivity contribution in [2.24, 2.45) is 0 Å². The Morgan fingerprint density at radius 3 is 2.53 bits per heavy atom. The first kappa shape index (κ1) is 19.6. The Bertz CT molecular complexity index is 1270. The summed E-state index contributed by atoms with van der Waals surface area (Å²) in [5.41, 5.74) is 4.18. The average Bonchev–Trinajstić information content (AvgIpc) is 3.15. The number of nitrogens with one attached hydrogen (secondary N) is 1. The molecule has 2 aromatic heterocycles.